The summed E-state index contributed by atoms with van der Waals surface area (Å²) in [6, 6.07) is 9.08. The van der Waals surface area contributed by atoms with Gasteiger partial charge in [-0.15, -0.1) is 0 Å². The van der Waals surface area contributed by atoms with Crippen LogP contribution >= 0.6 is 0 Å². The second-order valence-electron chi connectivity index (χ2n) is 4.52. The van der Waals surface area contributed by atoms with Gasteiger partial charge in [-0.1, -0.05) is 38.1 Å². The third kappa shape index (κ3) is 1.93. The lowest BCUT2D eigenvalue weighted by Crippen LogP contribution is -2.35. The van der Waals surface area contributed by atoms with Crippen molar-refractivity contribution in [2.24, 2.45) is 0 Å². The lowest BCUT2D eigenvalue weighted by atomic mass is 9.85. The summed E-state index contributed by atoms with van der Waals surface area (Å²) in [5.74, 6) is 0. The first kappa shape index (κ1) is 10.7. The highest BCUT2D eigenvalue weighted by molar-refractivity contribution is 5.30. The van der Waals surface area contributed by atoms with Gasteiger partial charge < -0.3 is 5.32 Å². The Hall–Kier alpha value is -0.820. The smallest absolute Gasteiger partial charge is 0.0432 e. The Bertz CT molecular complexity index is 324. The van der Waals surface area contributed by atoms with E-state index in [2.05, 4.69) is 43.4 Å². The number of nitrogens with one attached hydrogen (secondary N) is 1. The molecular formula is C14H21N. The predicted molar refractivity (Wildman–Crippen MR) is 65.0 cm³/mol. The van der Waals surface area contributed by atoms with Crippen molar-refractivity contribution in [2.45, 2.75) is 45.1 Å². The van der Waals surface area contributed by atoms with Gasteiger partial charge in [-0.05, 0) is 43.4 Å². The van der Waals surface area contributed by atoms with Crippen LogP contribution in [0.5, 0.6) is 0 Å². The molecule has 1 fully saturated rings. The molecule has 1 aromatic rings. The van der Waals surface area contributed by atoms with Crippen LogP contribution in [-0.2, 0) is 12.0 Å². The van der Waals surface area contributed by atoms with E-state index in [1.807, 2.05) is 0 Å². The average molecular weight is 203 g/mol. The van der Waals surface area contributed by atoms with Gasteiger partial charge in [0, 0.05) is 5.54 Å². The number of rotatable bonds is 3. The van der Waals surface area contributed by atoms with E-state index >= 15 is 0 Å². The van der Waals surface area contributed by atoms with Crippen LogP contribution in [0.4, 0.5) is 0 Å². The Morgan fingerprint density at radius 3 is 2.80 bits per heavy atom. The molecule has 0 aliphatic carbocycles. The minimum absolute atomic E-state index is 0.269. The van der Waals surface area contributed by atoms with Gasteiger partial charge in [-0.2, -0.15) is 0 Å². The van der Waals surface area contributed by atoms with Gasteiger partial charge in [-0.25, -0.2) is 0 Å². The molecule has 1 aliphatic rings. The summed E-state index contributed by atoms with van der Waals surface area (Å²) in [6.45, 7) is 5.68. The van der Waals surface area contributed by atoms with Crippen molar-refractivity contribution in [2.75, 3.05) is 6.54 Å². The quantitative estimate of drug-likeness (QED) is 0.795. The van der Waals surface area contributed by atoms with Crippen LogP contribution in [-0.4, -0.2) is 6.54 Å². The first-order chi connectivity index (χ1) is 7.30. The highest BCUT2D eigenvalue weighted by Crippen LogP contribution is 2.34. The van der Waals surface area contributed by atoms with E-state index in [1.165, 1.54) is 36.9 Å². The molecule has 1 nitrogen and oxygen atoms in total. The molecule has 82 valence electrons. The summed E-state index contributed by atoms with van der Waals surface area (Å²) in [4.78, 5) is 0. The molecule has 1 N–H and O–H groups in total. The first-order valence-corrected chi connectivity index (χ1v) is 6.15. The van der Waals surface area contributed by atoms with Gasteiger partial charge in [0.15, 0.2) is 0 Å². The minimum Gasteiger partial charge on any atom is -0.307 e. The number of aryl methyl sites for hydroxylation is 1. The molecule has 0 amide bonds. The third-order valence-electron chi connectivity index (χ3n) is 3.74. The molecule has 1 unspecified atom stereocenters. The summed E-state index contributed by atoms with van der Waals surface area (Å²) >= 11 is 0. The van der Waals surface area contributed by atoms with Crippen molar-refractivity contribution in [1.82, 2.24) is 5.32 Å². The summed E-state index contributed by atoms with van der Waals surface area (Å²) in [6.07, 6.45) is 4.93. The van der Waals surface area contributed by atoms with Crippen molar-refractivity contribution in [3.8, 4) is 0 Å². The molecule has 1 heteroatoms. The van der Waals surface area contributed by atoms with Crippen LogP contribution in [0.15, 0.2) is 24.3 Å². The molecule has 0 bridgehead atoms. The van der Waals surface area contributed by atoms with Crippen LogP contribution in [0.1, 0.15) is 44.2 Å². The molecule has 1 aromatic carbocycles. The molecule has 1 aliphatic heterocycles. The Balaban J connectivity index is 2.33. The zero-order valence-electron chi connectivity index (χ0n) is 9.84. The third-order valence-corrected chi connectivity index (χ3v) is 3.74. The minimum atomic E-state index is 0.269. The van der Waals surface area contributed by atoms with Crippen molar-refractivity contribution in [3.05, 3.63) is 35.4 Å². The van der Waals surface area contributed by atoms with Gasteiger partial charge in [-0.3, -0.25) is 0 Å². The summed E-state index contributed by atoms with van der Waals surface area (Å²) < 4.78 is 0. The first-order valence-electron chi connectivity index (χ1n) is 6.15. The van der Waals surface area contributed by atoms with Gasteiger partial charge in [0.25, 0.3) is 0 Å². The van der Waals surface area contributed by atoms with Gasteiger partial charge >= 0.3 is 0 Å². The van der Waals surface area contributed by atoms with Crippen LogP contribution in [0, 0.1) is 0 Å². The van der Waals surface area contributed by atoms with E-state index in [4.69, 9.17) is 0 Å². The molecular weight excluding hydrogens is 182 g/mol. The maximum Gasteiger partial charge on any atom is 0.0432 e. The van der Waals surface area contributed by atoms with Crippen molar-refractivity contribution in [1.29, 1.82) is 0 Å². The lowest BCUT2D eigenvalue weighted by molar-refractivity contribution is 0.376. The van der Waals surface area contributed by atoms with E-state index in [-0.39, 0.29) is 5.54 Å². The number of hydrogen-bond donors (Lipinski definition) is 1. The summed E-state index contributed by atoms with van der Waals surface area (Å²) in [7, 11) is 0. The van der Waals surface area contributed by atoms with Crippen LogP contribution in [0.2, 0.25) is 0 Å². The highest BCUT2D eigenvalue weighted by atomic mass is 15.0. The summed E-state index contributed by atoms with van der Waals surface area (Å²) in [5.41, 5.74) is 3.21. The van der Waals surface area contributed by atoms with Crippen LogP contribution in [0.25, 0.3) is 0 Å². The Morgan fingerprint density at radius 1 is 1.33 bits per heavy atom. The fraction of sp³-hybridized carbons (Fsp3) is 0.571. The largest absolute Gasteiger partial charge is 0.307 e. The van der Waals surface area contributed by atoms with E-state index in [0.29, 0.717) is 0 Å². The van der Waals surface area contributed by atoms with E-state index in [9.17, 15) is 0 Å². The molecule has 0 aromatic heterocycles. The molecule has 0 saturated carbocycles. The van der Waals surface area contributed by atoms with Gasteiger partial charge in [0.1, 0.15) is 0 Å². The summed E-state index contributed by atoms with van der Waals surface area (Å²) in [5, 5.41) is 3.69. The van der Waals surface area contributed by atoms with Crippen molar-refractivity contribution >= 4 is 0 Å². The zero-order valence-corrected chi connectivity index (χ0v) is 9.84. The predicted octanol–water partition coefficient (Wildman–Crippen LogP) is 3.24. The topological polar surface area (TPSA) is 12.0 Å². The van der Waals surface area contributed by atoms with Crippen LogP contribution < -0.4 is 5.32 Å². The Labute approximate surface area is 92.9 Å². The molecule has 1 saturated heterocycles. The second-order valence-corrected chi connectivity index (χ2v) is 4.52. The fourth-order valence-corrected chi connectivity index (χ4v) is 2.65. The Kier molecular flexibility index (Phi) is 3.11. The molecule has 0 spiro atoms. The molecule has 1 heterocycles. The van der Waals surface area contributed by atoms with Crippen molar-refractivity contribution in [3.63, 3.8) is 0 Å². The van der Waals surface area contributed by atoms with E-state index < -0.39 is 0 Å². The lowest BCUT2D eigenvalue weighted by Gasteiger charge is -2.29. The van der Waals surface area contributed by atoms with Gasteiger partial charge in [0.2, 0.25) is 0 Å². The van der Waals surface area contributed by atoms with Crippen LogP contribution in [0.3, 0.4) is 0 Å². The average Bonchev–Trinajstić information content (AvgIpc) is 2.79. The maximum atomic E-state index is 3.69. The van der Waals surface area contributed by atoms with Crippen molar-refractivity contribution < 1.29 is 0 Å². The molecule has 15 heavy (non-hydrogen) atoms. The second kappa shape index (κ2) is 4.36. The van der Waals surface area contributed by atoms with Gasteiger partial charge in [0.05, 0.1) is 0 Å². The fourth-order valence-electron chi connectivity index (χ4n) is 2.65. The molecule has 2 rings (SSSR count). The standard InChI is InChI=1S/C14H21N/c1-3-12-7-5-8-13(11-12)14(4-2)9-6-10-15-14/h5,7-8,11,15H,3-4,6,9-10H2,1-2H3. The Morgan fingerprint density at radius 2 is 2.20 bits per heavy atom. The molecule has 1 atom stereocenters. The molecule has 0 radical (unpaired) electrons. The zero-order chi connectivity index (χ0) is 10.7. The normalized spacial score (nSPS) is 25.7. The monoisotopic (exact) mass is 203 g/mol. The SMILES string of the molecule is CCc1cccc(C2(CC)CCCN2)c1. The van der Waals surface area contributed by atoms with E-state index in [1.54, 1.807) is 0 Å². The highest BCUT2D eigenvalue weighted by Gasteiger charge is 2.33. The van der Waals surface area contributed by atoms with E-state index in [0.717, 1.165) is 6.42 Å². The maximum absolute atomic E-state index is 3.69. The number of benzene rings is 1. The number of hydrogen-bond acceptors (Lipinski definition) is 1.